The molecule has 2 fully saturated rings. The van der Waals surface area contributed by atoms with E-state index in [1.165, 1.54) is 18.5 Å². The molecule has 2 heterocycles. The molecule has 2 aliphatic rings. The van der Waals surface area contributed by atoms with Crippen molar-refractivity contribution in [3.8, 4) is 0 Å². The van der Waals surface area contributed by atoms with Crippen molar-refractivity contribution in [2.24, 2.45) is 0 Å². The lowest BCUT2D eigenvalue weighted by Gasteiger charge is -2.47. The number of ether oxygens (including phenoxy) is 1. The predicted octanol–water partition coefficient (Wildman–Crippen LogP) is 2.79. The Morgan fingerprint density at radius 2 is 1.95 bits per heavy atom. The minimum Gasteiger partial charge on any atom is -0.366 e. The van der Waals surface area contributed by atoms with Gasteiger partial charge in [-0.25, -0.2) is 4.98 Å². The van der Waals surface area contributed by atoms with Gasteiger partial charge in [0, 0.05) is 31.1 Å². The average Bonchev–Trinajstić information content (AvgIpc) is 2.99. The Balaban J connectivity index is 1.67. The molecule has 1 saturated carbocycles. The third-order valence-corrected chi connectivity index (χ3v) is 4.61. The van der Waals surface area contributed by atoms with Crippen LogP contribution < -0.4 is 10.2 Å². The van der Waals surface area contributed by atoms with Gasteiger partial charge in [0.1, 0.15) is 0 Å². The van der Waals surface area contributed by atoms with E-state index in [1.807, 2.05) is 0 Å². The molecule has 1 N–H and O–H groups in total. The number of aromatic nitrogens is 1. The highest BCUT2D eigenvalue weighted by molar-refractivity contribution is 7.13. The topological polar surface area (TPSA) is 37.4 Å². The average molecular weight is 295 g/mol. The van der Waals surface area contributed by atoms with E-state index in [2.05, 4.69) is 43.3 Å². The van der Waals surface area contributed by atoms with Crippen LogP contribution in [0.4, 0.5) is 5.13 Å². The zero-order valence-electron chi connectivity index (χ0n) is 12.9. The highest BCUT2D eigenvalue weighted by Crippen LogP contribution is 2.33. The molecule has 4 nitrogen and oxygen atoms in total. The van der Waals surface area contributed by atoms with Crippen LogP contribution in [-0.4, -0.2) is 35.3 Å². The summed E-state index contributed by atoms with van der Waals surface area (Å²) in [5, 5.41) is 6.83. The highest BCUT2D eigenvalue weighted by Gasteiger charge is 2.39. The molecule has 3 rings (SSSR count). The monoisotopic (exact) mass is 295 g/mol. The molecule has 0 bridgehead atoms. The Hall–Kier alpha value is -0.650. The summed E-state index contributed by atoms with van der Waals surface area (Å²) >= 11 is 1.75. The van der Waals surface area contributed by atoms with Gasteiger partial charge in [0.05, 0.1) is 16.9 Å². The van der Waals surface area contributed by atoms with Crippen LogP contribution in [0.3, 0.4) is 0 Å². The number of nitrogens with one attached hydrogen (secondary N) is 1. The van der Waals surface area contributed by atoms with Gasteiger partial charge >= 0.3 is 0 Å². The second kappa shape index (κ2) is 4.97. The summed E-state index contributed by atoms with van der Waals surface area (Å²) in [5.41, 5.74) is 0.915. The number of hydrogen-bond donors (Lipinski definition) is 1. The third kappa shape index (κ3) is 3.51. The highest BCUT2D eigenvalue weighted by atomic mass is 32.1. The molecule has 0 radical (unpaired) electrons. The van der Waals surface area contributed by atoms with Crippen molar-refractivity contribution in [1.29, 1.82) is 0 Å². The number of morpholine rings is 1. The molecule has 0 atom stereocenters. The van der Waals surface area contributed by atoms with Crippen molar-refractivity contribution < 1.29 is 4.74 Å². The van der Waals surface area contributed by atoms with Crippen LogP contribution in [0.15, 0.2) is 5.38 Å². The number of hydrogen-bond acceptors (Lipinski definition) is 5. The van der Waals surface area contributed by atoms with Crippen LogP contribution in [0.25, 0.3) is 0 Å². The van der Waals surface area contributed by atoms with Gasteiger partial charge in [-0.2, -0.15) is 0 Å². The van der Waals surface area contributed by atoms with Gasteiger partial charge in [-0.3, -0.25) is 0 Å². The van der Waals surface area contributed by atoms with Crippen LogP contribution in [0.2, 0.25) is 0 Å². The summed E-state index contributed by atoms with van der Waals surface area (Å²) in [6.45, 7) is 11.3. The summed E-state index contributed by atoms with van der Waals surface area (Å²) in [4.78, 5) is 7.16. The smallest absolute Gasteiger partial charge is 0.185 e. The van der Waals surface area contributed by atoms with Crippen molar-refractivity contribution in [1.82, 2.24) is 10.3 Å². The Labute approximate surface area is 125 Å². The second-order valence-electron chi connectivity index (χ2n) is 7.25. The maximum absolute atomic E-state index is 6.13. The molecule has 1 aromatic heterocycles. The number of anilines is 1. The van der Waals surface area contributed by atoms with Gasteiger partial charge in [-0.05, 0) is 40.5 Å². The molecule has 0 spiro atoms. The zero-order valence-corrected chi connectivity index (χ0v) is 13.7. The maximum atomic E-state index is 6.13. The van der Waals surface area contributed by atoms with E-state index in [-0.39, 0.29) is 11.2 Å². The summed E-state index contributed by atoms with van der Waals surface area (Å²) in [7, 11) is 0. The van der Waals surface area contributed by atoms with E-state index in [0.717, 1.165) is 30.8 Å². The number of nitrogens with zero attached hydrogens (tertiary/aromatic N) is 2. The van der Waals surface area contributed by atoms with Crippen molar-refractivity contribution in [2.45, 2.75) is 64.3 Å². The normalized spacial score (nSPS) is 24.9. The van der Waals surface area contributed by atoms with Gasteiger partial charge < -0.3 is 15.0 Å². The first-order chi connectivity index (χ1) is 9.33. The Morgan fingerprint density at radius 1 is 1.30 bits per heavy atom. The van der Waals surface area contributed by atoms with Gasteiger partial charge in [0.25, 0.3) is 0 Å². The molecule has 1 aliphatic heterocycles. The van der Waals surface area contributed by atoms with Gasteiger partial charge in [0.15, 0.2) is 5.13 Å². The van der Waals surface area contributed by atoms with Crippen LogP contribution >= 0.6 is 11.3 Å². The molecule has 0 unspecified atom stereocenters. The van der Waals surface area contributed by atoms with E-state index in [9.17, 15) is 0 Å². The van der Waals surface area contributed by atoms with E-state index >= 15 is 0 Å². The van der Waals surface area contributed by atoms with Crippen LogP contribution in [0.1, 0.15) is 46.2 Å². The minimum absolute atomic E-state index is 0.125. The molecular weight excluding hydrogens is 270 g/mol. The van der Waals surface area contributed by atoms with Gasteiger partial charge in [-0.1, -0.05) is 0 Å². The van der Waals surface area contributed by atoms with Gasteiger partial charge in [-0.15, -0.1) is 11.3 Å². The van der Waals surface area contributed by atoms with E-state index in [1.54, 1.807) is 11.3 Å². The van der Waals surface area contributed by atoms with Gasteiger partial charge in [0.2, 0.25) is 0 Å². The van der Waals surface area contributed by atoms with Crippen LogP contribution in [0.5, 0.6) is 0 Å². The lowest BCUT2D eigenvalue weighted by molar-refractivity contribution is -0.133. The van der Waals surface area contributed by atoms with Crippen LogP contribution in [0, 0.1) is 0 Å². The quantitative estimate of drug-likeness (QED) is 0.927. The maximum Gasteiger partial charge on any atom is 0.185 e. The van der Waals surface area contributed by atoms with Crippen molar-refractivity contribution in [3.05, 3.63) is 11.1 Å². The largest absolute Gasteiger partial charge is 0.366 e. The van der Waals surface area contributed by atoms with E-state index in [0.29, 0.717) is 0 Å². The third-order valence-electron chi connectivity index (χ3n) is 3.66. The lowest BCUT2D eigenvalue weighted by Crippen LogP contribution is -2.57. The molecule has 0 amide bonds. The minimum atomic E-state index is -0.125. The predicted molar refractivity (Wildman–Crippen MR) is 83.4 cm³/mol. The number of rotatable bonds is 4. The molecule has 112 valence electrons. The van der Waals surface area contributed by atoms with E-state index < -0.39 is 0 Å². The molecule has 1 aromatic rings. The summed E-state index contributed by atoms with van der Waals surface area (Å²) in [5.74, 6) is 0. The summed E-state index contributed by atoms with van der Waals surface area (Å²) in [6.07, 6.45) is 2.64. The first-order valence-corrected chi connectivity index (χ1v) is 8.34. The first-order valence-electron chi connectivity index (χ1n) is 7.46. The van der Waals surface area contributed by atoms with Crippen molar-refractivity contribution >= 4 is 16.5 Å². The first kappa shape index (κ1) is 14.3. The fraction of sp³-hybridized carbons (Fsp3) is 0.800. The Bertz CT molecular complexity index is 463. The van der Waals surface area contributed by atoms with Crippen molar-refractivity contribution in [2.75, 3.05) is 18.0 Å². The molecule has 1 aliphatic carbocycles. The van der Waals surface area contributed by atoms with E-state index in [4.69, 9.17) is 9.72 Å². The molecule has 0 aromatic carbocycles. The fourth-order valence-electron chi connectivity index (χ4n) is 2.98. The lowest BCUT2D eigenvalue weighted by atomic mass is 9.99. The second-order valence-corrected chi connectivity index (χ2v) is 8.09. The SMILES string of the molecule is CC1(C)CN(c2nc(CNC3CC3)cs2)CC(C)(C)O1. The fourth-order valence-corrected chi connectivity index (χ4v) is 3.81. The van der Waals surface area contributed by atoms with Crippen molar-refractivity contribution in [3.63, 3.8) is 0 Å². The summed E-state index contributed by atoms with van der Waals surface area (Å²) < 4.78 is 6.13. The zero-order chi connectivity index (χ0) is 14.4. The Morgan fingerprint density at radius 3 is 2.55 bits per heavy atom. The molecule has 5 heteroatoms. The molecule has 1 saturated heterocycles. The summed E-state index contributed by atoms with van der Waals surface area (Å²) in [6, 6.07) is 0.737. The standard InChI is InChI=1S/C15H25N3OS/c1-14(2)9-18(10-15(3,4)19-14)13-17-12(8-20-13)7-16-11-5-6-11/h8,11,16H,5-7,9-10H2,1-4H3. The Kier molecular flexibility index (Phi) is 3.55. The molecule has 20 heavy (non-hydrogen) atoms. The van der Waals surface area contributed by atoms with Crippen LogP contribution in [-0.2, 0) is 11.3 Å². The number of thiazole rings is 1. The molecular formula is C15H25N3OS.